The minimum Gasteiger partial charge on any atom is -0.369 e. The van der Waals surface area contributed by atoms with Crippen LogP contribution < -0.4 is 11.1 Å². The lowest BCUT2D eigenvalue weighted by Gasteiger charge is -2.38. The number of amides is 1. The molecule has 3 N–H and O–H groups in total. The summed E-state index contributed by atoms with van der Waals surface area (Å²) in [6, 6.07) is 9.03. The fourth-order valence-electron chi connectivity index (χ4n) is 7.17. The fourth-order valence-corrected chi connectivity index (χ4v) is 8.28. The van der Waals surface area contributed by atoms with Crippen LogP contribution in [0.15, 0.2) is 24.3 Å². The van der Waals surface area contributed by atoms with Gasteiger partial charge < -0.3 is 15.6 Å². The Balaban J connectivity index is 1.06. The number of hydrogen-bond donors (Lipinski definition) is 2. The predicted octanol–water partition coefficient (Wildman–Crippen LogP) is 5.24. The first-order valence-corrected chi connectivity index (χ1v) is 17.3. The molecule has 1 atom stereocenters. The number of carbonyl (C=O) groups excluding carboxylic acids is 1. The number of benzene rings is 1. The zero-order chi connectivity index (χ0) is 33.5. The summed E-state index contributed by atoms with van der Waals surface area (Å²) in [5, 5.41) is 5.52. The van der Waals surface area contributed by atoms with Crippen LogP contribution in [0.5, 0.6) is 0 Å². The monoisotopic (exact) mass is 670 g/mol. The molecule has 0 radical (unpaired) electrons. The number of hydrogen-bond acceptors (Lipinski definition) is 8. The number of rotatable bonds is 10. The lowest BCUT2D eigenvalue weighted by molar-refractivity contribution is -0.126. The summed E-state index contributed by atoms with van der Waals surface area (Å²) >= 11 is 1.09. The number of anilines is 1. The third-order valence-corrected chi connectivity index (χ3v) is 10.8. The van der Waals surface area contributed by atoms with Crippen LogP contribution in [-0.4, -0.2) is 99.2 Å². The summed E-state index contributed by atoms with van der Waals surface area (Å²) < 4.78 is 41.5. The first-order valence-electron chi connectivity index (χ1n) is 16.5. The van der Waals surface area contributed by atoms with Crippen molar-refractivity contribution in [3.8, 4) is 0 Å². The second kappa shape index (κ2) is 13.7. The average molecular weight is 671 g/mol. The minimum absolute atomic E-state index is 0.197. The molecule has 4 aromatic rings. The van der Waals surface area contributed by atoms with Crippen molar-refractivity contribution in [3.63, 3.8) is 0 Å². The van der Waals surface area contributed by atoms with Gasteiger partial charge >= 0.3 is 6.18 Å². The summed E-state index contributed by atoms with van der Waals surface area (Å²) in [6.07, 6.45) is -3.34. The third kappa shape index (κ3) is 7.90. The zero-order valence-corrected chi connectivity index (χ0v) is 28.5. The van der Waals surface area contributed by atoms with Gasteiger partial charge in [-0.1, -0.05) is 6.07 Å². The van der Waals surface area contributed by atoms with E-state index in [9.17, 15) is 18.0 Å². The maximum Gasteiger partial charge on any atom is 0.393 e. The minimum atomic E-state index is -4.25. The highest BCUT2D eigenvalue weighted by Gasteiger charge is 2.30. The van der Waals surface area contributed by atoms with Crippen molar-refractivity contribution in [1.82, 2.24) is 29.2 Å². The van der Waals surface area contributed by atoms with Crippen molar-refractivity contribution in [3.05, 3.63) is 51.8 Å². The topological polar surface area (TPSA) is 95.5 Å². The Kier molecular flexibility index (Phi) is 9.80. The van der Waals surface area contributed by atoms with Crippen LogP contribution >= 0.6 is 11.3 Å². The van der Waals surface area contributed by atoms with E-state index in [0.717, 1.165) is 76.5 Å². The largest absolute Gasteiger partial charge is 0.393 e. The molecule has 0 saturated carbocycles. The van der Waals surface area contributed by atoms with Gasteiger partial charge in [0.1, 0.15) is 16.5 Å². The third-order valence-electron chi connectivity index (χ3n) is 9.78. The van der Waals surface area contributed by atoms with E-state index in [4.69, 9.17) is 5.73 Å². The van der Waals surface area contributed by atoms with Gasteiger partial charge in [-0.15, -0.1) is 11.3 Å². The van der Waals surface area contributed by atoms with Gasteiger partial charge in [0.2, 0.25) is 5.91 Å². The van der Waals surface area contributed by atoms with E-state index in [2.05, 4.69) is 73.5 Å². The van der Waals surface area contributed by atoms with Crippen LogP contribution in [0.25, 0.3) is 21.1 Å². The summed E-state index contributed by atoms with van der Waals surface area (Å²) in [5.41, 5.74) is 10.6. The Morgan fingerprint density at radius 2 is 1.74 bits per heavy atom. The number of piperidine rings is 1. The number of aryl methyl sites for hydroxylation is 3. The fraction of sp³-hybridized carbons (Fsp3) is 0.559. The van der Waals surface area contributed by atoms with Crippen molar-refractivity contribution in [1.29, 1.82) is 0 Å². The molecule has 3 aromatic heterocycles. The number of aromatic nitrogens is 3. The Labute approximate surface area is 277 Å². The van der Waals surface area contributed by atoms with E-state index in [1.54, 1.807) is 13.0 Å². The highest BCUT2D eigenvalue weighted by molar-refractivity contribution is 7.18. The second-order valence-corrected chi connectivity index (χ2v) is 14.5. The maximum atomic E-state index is 13.0. The molecule has 0 unspecified atom stereocenters. The van der Waals surface area contributed by atoms with E-state index >= 15 is 0 Å². The molecular weight excluding hydrogens is 625 g/mol. The number of likely N-dealkylation sites (tertiary alicyclic amines) is 1. The number of halogens is 3. The molecule has 9 nitrogen and oxygen atoms in total. The van der Waals surface area contributed by atoms with Gasteiger partial charge in [-0.25, -0.2) is 9.97 Å². The molecule has 2 aliphatic rings. The smallest absolute Gasteiger partial charge is 0.369 e. The van der Waals surface area contributed by atoms with E-state index < -0.39 is 12.6 Å². The van der Waals surface area contributed by atoms with E-state index in [-0.39, 0.29) is 16.8 Å². The molecule has 47 heavy (non-hydrogen) atoms. The number of nitrogens with two attached hydrogens (primary N) is 1. The quantitative estimate of drug-likeness (QED) is 0.238. The van der Waals surface area contributed by atoms with Crippen LogP contribution in [-0.2, 0) is 24.3 Å². The predicted molar refractivity (Wildman–Crippen MR) is 182 cm³/mol. The Morgan fingerprint density at radius 1 is 1.02 bits per heavy atom. The normalized spacial score (nSPS) is 18.4. The van der Waals surface area contributed by atoms with Gasteiger partial charge in [0.15, 0.2) is 0 Å². The van der Waals surface area contributed by atoms with Crippen LogP contribution in [0.4, 0.5) is 19.0 Å². The number of piperazine rings is 1. The molecule has 0 bridgehead atoms. The lowest BCUT2D eigenvalue weighted by atomic mass is 10.0. The van der Waals surface area contributed by atoms with E-state index in [0.29, 0.717) is 34.4 Å². The number of fused-ring (bicyclic) bond motifs is 2. The molecular formula is C34H45F3N8OS. The Morgan fingerprint density at radius 3 is 2.43 bits per heavy atom. The van der Waals surface area contributed by atoms with Crippen molar-refractivity contribution in [2.24, 2.45) is 5.73 Å². The van der Waals surface area contributed by atoms with Crippen molar-refractivity contribution in [2.75, 3.05) is 51.1 Å². The summed E-state index contributed by atoms with van der Waals surface area (Å²) in [7, 11) is 0. The summed E-state index contributed by atoms with van der Waals surface area (Å²) in [5.74, 6) is 0.926. The number of thiophene rings is 1. The standard InChI is InChI=1S/C34H45F3N8OS/c1-21-15-28-23(3)25(5-6-30(28)45(21)18-22(2)44-13-11-43(12-14-44)20-31(38)46)19-42-9-7-26(8-10-42)41-32-29-16-27(17-34(35,36)37)47-33(29)40-24(4)39-32/h5-6,15-16,22,26H,7-14,17-20H2,1-4H3,(H2,38,46)(H,39,40,41)/t22-/m0/s1. The van der Waals surface area contributed by atoms with Crippen molar-refractivity contribution < 1.29 is 18.0 Å². The zero-order valence-electron chi connectivity index (χ0n) is 27.7. The van der Waals surface area contributed by atoms with Crippen LogP contribution in [0.2, 0.25) is 0 Å². The van der Waals surface area contributed by atoms with Crippen molar-refractivity contribution >= 4 is 44.2 Å². The van der Waals surface area contributed by atoms with Crippen LogP contribution in [0.1, 0.15) is 47.3 Å². The number of nitrogens with one attached hydrogen (secondary N) is 1. The Hall–Kier alpha value is -3.26. The number of primary amides is 1. The Bertz CT molecular complexity index is 1730. The molecule has 5 heterocycles. The van der Waals surface area contributed by atoms with Gasteiger partial charge in [0.05, 0.1) is 18.4 Å². The van der Waals surface area contributed by atoms with Crippen LogP contribution in [0.3, 0.4) is 0 Å². The van der Waals surface area contributed by atoms with Gasteiger partial charge in [0, 0.05) is 85.9 Å². The molecule has 2 aliphatic heterocycles. The molecule has 0 spiro atoms. The van der Waals surface area contributed by atoms with Crippen LogP contribution in [0, 0.1) is 20.8 Å². The molecule has 1 amide bonds. The number of alkyl halides is 3. The highest BCUT2D eigenvalue weighted by atomic mass is 32.1. The number of nitrogens with zero attached hydrogens (tertiary/aromatic N) is 6. The second-order valence-electron chi connectivity index (χ2n) is 13.3. The first-order chi connectivity index (χ1) is 22.3. The van der Waals surface area contributed by atoms with Gasteiger partial charge in [-0.05, 0) is 69.9 Å². The molecule has 6 rings (SSSR count). The first kappa shape index (κ1) is 33.6. The molecule has 1 aromatic carbocycles. The molecule has 0 aliphatic carbocycles. The van der Waals surface area contributed by atoms with E-state index in [1.807, 2.05) is 0 Å². The number of carbonyl (C=O) groups is 1. The molecule has 254 valence electrons. The molecule has 13 heteroatoms. The average Bonchev–Trinajstić information content (AvgIpc) is 3.54. The van der Waals surface area contributed by atoms with Gasteiger partial charge in [-0.2, -0.15) is 13.2 Å². The van der Waals surface area contributed by atoms with Gasteiger partial charge in [-0.3, -0.25) is 19.5 Å². The molecule has 2 fully saturated rings. The summed E-state index contributed by atoms with van der Waals surface area (Å²) in [4.78, 5) is 28.2. The highest BCUT2D eigenvalue weighted by Crippen LogP contribution is 2.34. The molecule has 2 saturated heterocycles. The van der Waals surface area contributed by atoms with Crippen molar-refractivity contribution in [2.45, 2.75) is 78.3 Å². The lowest BCUT2D eigenvalue weighted by Crippen LogP contribution is -2.52. The van der Waals surface area contributed by atoms with Gasteiger partial charge in [0.25, 0.3) is 0 Å². The summed E-state index contributed by atoms with van der Waals surface area (Å²) in [6.45, 7) is 16.1. The van der Waals surface area contributed by atoms with E-state index in [1.165, 1.54) is 27.7 Å². The maximum absolute atomic E-state index is 13.0. The SMILES string of the molecule is Cc1nc(NC2CCN(Cc3ccc4c(cc(C)n4C[C@H](C)N4CCN(CC(N)=O)CC4)c3C)CC2)c2cc(CC(F)(F)F)sc2n1.